The van der Waals surface area contributed by atoms with Crippen molar-refractivity contribution in [3.8, 4) is 0 Å². The predicted molar refractivity (Wildman–Crippen MR) is 111 cm³/mol. The van der Waals surface area contributed by atoms with E-state index in [4.69, 9.17) is 4.74 Å². The first-order chi connectivity index (χ1) is 13.5. The number of hydrogen-bond acceptors (Lipinski definition) is 6. The average molecular weight is 486 g/mol. The van der Waals surface area contributed by atoms with Gasteiger partial charge in [0.15, 0.2) is 0 Å². The zero-order chi connectivity index (χ0) is 20.0. The molecule has 0 saturated carbocycles. The van der Waals surface area contributed by atoms with E-state index in [9.17, 15) is 13.2 Å². The van der Waals surface area contributed by atoms with E-state index >= 15 is 0 Å². The Hall–Kier alpha value is -1.46. The van der Waals surface area contributed by atoms with E-state index in [2.05, 4.69) is 26.2 Å². The van der Waals surface area contributed by atoms with Gasteiger partial charge in [0.2, 0.25) is 10.0 Å². The summed E-state index contributed by atoms with van der Waals surface area (Å²) in [6.45, 7) is 1.55. The van der Waals surface area contributed by atoms with Crippen molar-refractivity contribution in [3.63, 3.8) is 0 Å². The second-order valence-corrected chi connectivity index (χ2v) is 10.1. The molecule has 1 fully saturated rings. The average Bonchev–Trinajstić information content (AvgIpc) is 2.70. The number of amides is 1. The minimum Gasteiger partial charge on any atom is -0.379 e. The number of nitrogens with zero attached hydrogens (tertiary/aromatic N) is 2. The molecule has 1 aromatic heterocycles. The maximum Gasteiger partial charge on any atom is 0.254 e. The van der Waals surface area contributed by atoms with Gasteiger partial charge in [-0.05, 0) is 36.4 Å². The van der Waals surface area contributed by atoms with Crippen LogP contribution in [0.1, 0.15) is 10.4 Å². The Morgan fingerprint density at radius 1 is 1.21 bits per heavy atom. The molecule has 0 spiro atoms. The Kier molecular flexibility index (Phi) is 7.47. The van der Waals surface area contributed by atoms with E-state index < -0.39 is 10.0 Å². The summed E-state index contributed by atoms with van der Waals surface area (Å²) in [5, 5.41) is 3.26. The second-order valence-electron chi connectivity index (χ2n) is 6.00. The molecule has 1 N–H and O–H groups in total. The van der Waals surface area contributed by atoms with E-state index in [0.717, 1.165) is 9.37 Å². The maximum atomic E-state index is 12.6. The van der Waals surface area contributed by atoms with Crippen LogP contribution in [0.25, 0.3) is 0 Å². The van der Waals surface area contributed by atoms with Crippen molar-refractivity contribution in [3.05, 3.63) is 52.6 Å². The number of carbonyl (C=O) groups is 1. The second kappa shape index (κ2) is 9.84. The number of benzene rings is 1. The molecule has 10 heteroatoms. The highest BCUT2D eigenvalue weighted by Gasteiger charge is 2.24. The van der Waals surface area contributed by atoms with Crippen LogP contribution in [0.2, 0.25) is 0 Å². The molecule has 7 nitrogen and oxygen atoms in total. The van der Waals surface area contributed by atoms with Crippen LogP contribution in [0.5, 0.6) is 0 Å². The first-order valence-electron chi connectivity index (χ1n) is 8.68. The third kappa shape index (κ3) is 5.77. The highest BCUT2D eigenvalue weighted by molar-refractivity contribution is 9.10. The van der Waals surface area contributed by atoms with Gasteiger partial charge in [-0.3, -0.25) is 4.79 Å². The third-order valence-corrected chi connectivity index (χ3v) is 7.48. The smallest absolute Gasteiger partial charge is 0.254 e. The highest BCUT2D eigenvalue weighted by atomic mass is 79.9. The summed E-state index contributed by atoms with van der Waals surface area (Å²) in [7, 11) is -3.41. The van der Waals surface area contributed by atoms with Crippen molar-refractivity contribution in [2.45, 2.75) is 9.92 Å². The molecule has 1 aliphatic heterocycles. The van der Waals surface area contributed by atoms with Crippen LogP contribution in [0.4, 0.5) is 0 Å². The van der Waals surface area contributed by atoms with Crippen LogP contribution in [-0.4, -0.2) is 62.2 Å². The van der Waals surface area contributed by atoms with E-state index in [1.54, 1.807) is 18.3 Å². The van der Waals surface area contributed by atoms with Gasteiger partial charge in [0.25, 0.3) is 5.91 Å². The third-order valence-electron chi connectivity index (χ3n) is 4.05. The van der Waals surface area contributed by atoms with Gasteiger partial charge < -0.3 is 10.1 Å². The topological polar surface area (TPSA) is 88.6 Å². The first-order valence-corrected chi connectivity index (χ1v) is 11.9. The van der Waals surface area contributed by atoms with E-state index in [0.29, 0.717) is 36.9 Å². The summed E-state index contributed by atoms with van der Waals surface area (Å²) >= 11 is 4.77. The molecule has 0 atom stereocenters. The Balaban J connectivity index is 1.60. The van der Waals surface area contributed by atoms with Crippen LogP contribution in [0, 0.1) is 0 Å². The van der Waals surface area contributed by atoms with Crippen molar-refractivity contribution in [1.29, 1.82) is 0 Å². The summed E-state index contributed by atoms with van der Waals surface area (Å²) < 4.78 is 32.2. The van der Waals surface area contributed by atoms with Gasteiger partial charge >= 0.3 is 0 Å². The summed E-state index contributed by atoms with van der Waals surface area (Å²) in [5.41, 5.74) is 0.416. The van der Waals surface area contributed by atoms with Crippen LogP contribution >= 0.6 is 27.7 Å². The van der Waals surface area contributed by atoms with E-state index in [-0.39, 0.29) is 18.2 Å². The lowest BCUT2D eigenvalue weighted by Gasteiger charge is -2.26. The van der Waals surface area contributed by atoms with Crippen LogP contribution in [-0.2, 0) is 14.8 Å². The van der Waals surface area contributed by atoms with Gasteiger partial charge in [0, 0.05) is 35.2 Å². The quantitative estimate of drug-likeness (QED) is 0.647. The number of sulfonamides is 1. The molecule has 1 amide bonds. The van der Waals surface area contributed by atoms with Crippen LogP contribution < -0.4 is 5.32 Å². The molecule has 0 radical (unpaired) electrons. The van der Waals surface area contributed by atoms with Crippen LogP contribution in [0.15, 0.2) is 57.0 Å². The molecule has 0 bridgehead atoms. The van der Waals surface area contributed by atoms with E-state index in [1.807, 2.05) is 24.3 Å². The SMILES string of the molecule is O=C(NCCS(=O)(=O)N1CCOCC1)c1cccnc1Sc1ccc(Br)cc1. The Morgan fingerprint density at radius 2 is 1.93 bits per heavy atom. The van der Waals surface area contributed by atoms with Gasteiger partial charge in [-0.15, -0.1) is 0 Å². The Labute approximate surface area is 177 Å². The van der Waals surface area contributed by atoms with Gasteiger partial charge in [0.05, 0.1) is 24.5 Å². The van der Waals surface area contributed by atoms with Crippen molar-refractivity contribution >= 4 is 43.6 Å². The molecule has 150 valence electrons. The van der Waals surface area contributed by atoms with Gasteiger partial charge in [0.1, 0.15) is 5.03 Å². The number of hydrogen-bond donors (Lipinski definition) is 1. The monoisotopic (exact) mass is 485 g/mol. The predicted octanol–water partition coefficient (Wildman–Crippen LogP) is 2.39. The molecule has 1 aromatic carbocycles. The molecule has 1 saturated heterocycles. The number of nitrogens with one attached hydrogen (secondary N) is 1. The van der Waals surface area contributed by atoms with Crippen LogP contribution in [0.3, 0.4) is 0 Å². The highest BCUT2D eigenvalue weighted by Crippen LogP contribution is 2.29. The first kappa shape index (κ1) is 21.3. The fourth-order valence-corrected chi connectivity index (χ4v) is 5.07. The minimum absolute atomic E-state index is 0.0375. The van der Waals surface area contributed by atoms with Crippen molar-refractivity contribution in [2.24, 2.45) is 0 Å². The number of pyridine rings is 1. The fraction of sp³-hybridized carbons (Fsp3) is 0.333. The largest absolute Gasteiger partial charge is 0.379 e. The molecule has 2 aromatic rings. The van der Waals surface area contributed by atoms with Gasteiger partial charge in [-0.1, -0.05) is 27.7 Å². The van der Waals surface area contributed by atoms with Gasteiger partial charge in [-0.25, -0.2) is 13.4 Å². The fourth-order valence-electron chi connectivity index (χ4n) is 2.60. The molecule has 3 rings (SSSR count). The number of aromatic nitrogens is 1. The summed E-state index contributed by atoms with van der Waals surface area (Å²) in [6.07, 6.45) is 1.63. The normalized spacial score (nSPS) is 15.3. The molecule has 2 heterocycles. The lowest BCUT2D eigenvalue weighted by molar-refractivity contribution is 0.0730. The lowest BCUT2D eigenvalue weighted by atomic mass is 10.3. The van der Waals surface area contributed by atoms with E-state index in [1.165, 1.54) is 16.1 Å². The minimum atomic E-state index is -3.41. The number of carbonyl (C=O) groups excluding carboxylic acids is 1. The van der Waals surface area contributed by atoms with Crippen molar-refractivity contribution < 1.29 is 17.9 Å². The lowest BCUT2D eigenvalue weighted by Crippen LogP contribution is -2.43. The number of morpholine rings is 1. The number of ether oxygens (including phenoxy) is 1. The Morgan fingerprint density at radius 3 is 2.64 bits per heavy atom. The number of halogens is 1. The number of rotatable bonds is 7. The molecule has 0 aliphatic carbocycles. The Bertz CT molecular complexity index is 917. The maximum absolute atomic E-state index is 12.6. The molecular formula is C18H20BrN3O4S2. The van der Waals surface area contributed by atoms with Gasteiger partial charge in [-0.2, -0.15) is 4.31 Å². The van der Waals surface area contributed by atoms with Crippen molar-refractivity contribution in [2.75, 3.05) is 38.6 Å². The summed E-state index contributed by atoms with van der Waals surface area (Å²) in [6, 6.07) is 11.1. The summed E-state index contributed by atoms with van der Waals surface area (Å²) in [5.74, 6) is -0.487. The molecule has 0 unspecified atom stereocenters. The zero-order valence-corrected chi connectivity index (χ0v) is 18.2. The zero-order valence-electron chi connectivity index (χ0n) is 15.0. The standard InChI is InChI=1S/C18H20BrN3O4S2/c19-14-3-5-15(6-4-14)27-18-16(2-1-7-21-18)17(23)20-8-13-28(24,25)22-9-11-26-12-10-22/h1-7H,8-13H2,(H,20,23). The molecule has 1 aliphatic rings. The molecule has 28 heavy (non-hydrogen) atoms. The van der Waals surface area contributed by atoms with Crippen molar-refractivity contribution in [1.82, 2.24) is 14.6 Å². The summed E-state index contributed by atoms with van der Waals surface area (Å²) in [4.78, 5) is 17.8. The molecular weight excluding hydrogens is 466 g/mol.